The maximum atomic E-state index is 9.50. The molecule has 1 unspecified atom stereocenters. The minimum absolute atomic E-state index is 0.200. The van der Waals surface area contributed by atoms with E-state index in [-0.39, 0.29) is 12.4 Å². The van der Waals surface area contributed by atoms with E-state index < -0.39 is 0 Å². The minimum atomic E-state index is -0.216. The van der Waals surface area contributed by atoms with Crippen LogP contribution in [-0.2, 0) is 9.47 Å². The molecule has 0 aromatic heterocycles. The minimum Gasteiger partial charge on any atom is -0.392 e. The zero-order valence-electron chi connectivity index (χ0n) is 8.32. The molecule has 1 atom stereocenters. The molecular formula is C9H19NO3. The van der Waals surface area contributed by atoms with Crippen molar-refractivity contribution in [3.63, 3.8) is 0 Å². The van der Waals surface area contributed by atoms with Crippen LogP contribution in [0, 0.1) is 5.92 Å². The second-order valence-corrected chi connectivity index (χ2v) is 3.46. The Kier molecular flexibility index (Phi) is 4.66. The third-order valence-electron chi connectivity index (χ3n) is 2.36. The van der Waals surface area contributed by atoms with Gasteiger partial charge in [-0.25, -0.2) is 0 Å². The molecule has 1 saturated carbocycles. The topological polar surface area (TPSA) is 50.7 Å². The van der Waals surface area contributed by atoms with Gasteiger partial charge >= 0.3 is 0 Å². The van der Waals surface area contributed by atoms with Crippen molar-refractivity contribution in [2.45, 2.75) is 25.2 Å². The lowest BCUT2D eigenvalue weighted by Gasteiger charge is -2.15. The van der Waals surface area contributed by atoms with Crippen molar-refractivity contribution < 1.29 is 14.6 Å². The molecule has 78 valence electrons. The maximum absolute atomic E-state index is 9.50. The summed E-state index contributed by atoms with van der Waals surface area (Å²) in [6, 6.07) is 0. The largest absolute Gasteiger partial charge is 0.392 e. The van der Waals surface area contributed by atoms with Gasteiger partial charge in [0.2, 0.25) is 0 Å². The third kappa shape index (κ3) is 4.04. The maximum Gasteiger partial charge on any atom is 0.169 e. The Hall–Kier alpha value is -0.160. The molecule has 0 aromatic carbocycles. The predicted octanol–water partition coefficient (Wildman–Crippen LogP) is -0.0342. The van der Waals surface area contributed by atoms with Gasteiger partial charge in [0.1, 0.15) is 0 Å². The van der Waals surface area contributed by atoms with Crippen molar-refractivity contribution in [3.8, 4) is 0 Å². The molecule has 2 N–H and O–H groups in total. The molecule has 0 spiro atoms. The molecule has 0 saturated heterocycles. The van der Waals surface area contributed by atoms with Crippen LogP contribution in [0.25, 0.3) is 0 Å². The highest BCUT2D eigenvalue weighted by Crippen LogP contribution is 2.32. The highest BCUT2D eigenvalue weighted by atomic mass is 16.7. The number of hydrogen-bond acceptors (Lipinski definition) is 4. The van der Waals surface area contributed by atoms with E-state index in [2.05, 4.69) is 5.32 Å². The number of aliphatic hydroxyl groups excluding tert-OH is 1. The van der Waals surface area contributed by atoms with Crippen molar-refractivity contribution >= 4 is 0 Å². The summed E-state index contributed by atoms with van der Waals surface area (Å²) in [4.78, 5) is 0. The second kappa shape index (κ2) is 5.54. The zero-order valence-corrected chi connectivity index (χ0v) is 8.32. The Morgan fingerprint density at radius 3 is 2.38 bits per heavy atom. The Labute approximate surface area is 79.2 Å². The first-order valence-electron chi connectivity index (χ1n) is 4.72. The van der Waals surface area contributed by atoms with Gasteiger partial charge in [-0.05, 0) is 18.8 Å². The monoisotopic (exact) mass is 189 g/mol. The van der Waals surface area contributed by atoms with Crippen LogP contribution in [0.1, 0.15) is 12.8 Å². The van der Waals surface area contributed by atoms with Gasteiger partial charge in [-0.15, -0.1) is 0 Å². The second-order valence-electron chi connectivity index (χ2n) is 3.46. The van der Waals surface area contributed by atoms with Crippen molar-refractivity contribution in [1.82, 2.24) is 5.32 Å². The molecule has 1 rings (SSSR count). The standard InChI is InChI=1S/C9H19NO3/c1-12-9(13-2)6-10-5-8(11)7-3-4-7/h7-11H,3-6H2,1-2H3. The molecule has 1 aliphatic rings. The summed E-state index contributed by atoms with van der Waals surface area (Å²) in [7, 11) is 3.21. The van der Waals surface area contributed by atoms with Crippen molar-refractivity contribution in [1.29, 1.82) is 0 Å². The van der Waals surface area contributed by atoms with E-state index in [0.717, 1.165) is 0 Å². The molecule has 1 fully saturated rings. The molecule has 0 heterocycles. The van der Waals surface area contributed by atoms with Crippen LogP contribution in [0.15, 0.2) is 0 Å². The lowest BCUT2D eigenvalue weighted by atomic mass is 10.2. The van der Waals surface area contributed by atoms with Crippen LogP contribution in [0.4, 0.5) is 0 Å². The van der Waals surface area contributed by atoms with Crippen molar-refractivity contribution in [2.24, 2.45) is 5.92 Å². The van der Waals surface area contributed by atoms with Crippen LogP contribution in [0.2, 0.25) is 0 Å². The molecule has 4 nitrogen and oxygen atoms in total. The van der Waals surface area contributed by atoms with Gasteiger partial charge in [-0.2, -0.15) is 0 Å². The highest BCUT2D eigenvalue weighted by Gasteiger charge is 2.29. The molecule has 4 heteroatoms. The molecule has 0 bridgehead atoms. The summed E-state index contributed by atoms with van der Waals surface area (Å²) in [5, 5.41) is 12.6. The Balaban J connectivity index is 1.98. The van der Waals surface area contributed by atoms with Gasteiger partial charge in [-0.3, -0.25) is 0 Å². The normalized spacial score (nSPS) is 19.4. The van der Waals surface area contributed by atoms with Gasteiger partial charge in [0, 0.05) is 27.3 Å². The van der Waals surface area contributed by atoms with Gasteiger partial charge < -0.3 is 19.9 Å². The smallest absolute Gasteiger partial charge is 0.169 e. The first-order valence-corrected chi connectivity index (χ1v) is 4.72. The van der Waals surface area contributed by atoms with E-state index in [1.807, 2.05) is 0 Å². The van der Waals surface area contributed by atoms with E-state index >= 15 is 0 Å². The highest BCUT2D eigenvalue weighted by molar-refractivity contribution is 4.81. The first-order chi connectivity index (χ1) is 6.27. The summed E-state index contributed by atoms with van der Waals surface area (Å²) in [6.07, 6.45) is 1.92. The Bertz CT molecular complexity index is 133. The number of nitrogens with one attached hydrogen (secondary N) is 1. The van der Waals surface area contributed by atoms with Crippen LogP contribution >= 0.6 is 0 Å². The fraction of sp³-hybridized carbons (Fsp3) is 1.00. The van der Waals surface area contributed by atoms with Gasteiger partial charge in [0.25, 0.3) is 0 Å². The Morgan fingerprint density at radius 2 is 1.92 bits per heavy atom. The average molecular weight is 189 g/mol. The van der Waals surface area contributed by atoms with E-state index in [1.54, 1.807) is 14.2 Å². The first kappa shape index (κ1) is 10.9. The fourth-order valence-electron chi connectivity index (χ4n) is 1.26. The van der Waals surface area contributed by atoms with Gasteiger partial charge in [-0.1, -0.05) is 0 Å². The molecular weight excluding hydrogens is 170 g/mol. The molecule has 0 aromatic rings. The van der Waals surface area contributed by atoms with E-state index in [9.17, 15) is 5.11 Å². The quantitative estimate of drug-likeness (QED) is 0.552. The zero-order chi connectivity index (χ0) is 9.68. The fourth-order valence-corrected chi connectivity index (χ4v) is 1.26. The van der Waals surface area contributed by atoms with Gasteiger partial charge in [0.15, 0.2) is 6.29 Å². The lowest BCUT2D eigenvalue weighted by Crippen LogP contribution is -2.35. The average Bonchev–Trinajstić information content (AvgIpc) is 2.95. The predicted molar refractivity (Wildman–Crippen MR) is 49.4 cm³/mol. The van der Waals surface area contributed by atoms with E-state index in [0.29, 0.717) is 19.0 Å². The van der Waals surface area contributed by atoms with E-state index in [1.165, 1.54) is 12.8 Å². The SMILES string of the molecule is COC(CNCC(O)C1CC1)OC. The number of aliphatic hydroxyl groups is 1. The molecule has 0 aliphatic heterocycles. The van der Waals surface area contributed by atoms with Crippen LogP contribution in [0.5, 0.6) is 0 Å². The van der Waals surface area contributed by atoms with Crippen molar-refractivity contribution in [3.05, 3.63) is 0 Å². The number of methoxy groups -OCH3 is 2. The van der Waals surface area contributed by atoms with Crippen LogP contribution in [0.3, 0.4) is 0 Å². The third-order valence-corrected chi connectivity index (χ3v) is 2.36. The van der Waals surface area contributed by atoms with Crippen LogP contribution in [-0.4, -0.2) is 44.8 Å². The summed E-state index contributed by atoms with van der Waals surface area (Å²) in [6.45, 7) is 1.25. The van der Waals surface area contributed by atoms with Gasteiger partial charge in [0.05, 0.1) is 6.10 Å². The van der Waals surface area contributed by atoms with Crippen molar-refractivity contribution in [2.75, 3.05) is 27.3 Å². The lowest BCUT2D eigenvalue weighted by molar-refractivity contribution is -0.0995. The molecule has 13 heavy (non-hydrogen) atoms. The number of ether oxygens (including phenoxy) is 2. The summed E-state index contributed by atoms with van der Waals surface area (Å²) >= 11 is 0. The molecule has 0 amide bonds. The number of rotatable bonds is 7. The summed E-state index contributed by atoms with van der Waals surface area (Å²) in [5.41, 5.74) is 0. The Morgan fingerprint density at radius 1 is 1.31 bits per heavy atom. The molecule has 1 aliphatic carbocycles. The summed E-state index contributed by atoms with van der Waals surface area (Å²) < 4.78 is 9.98. The van der Waals surface area contributed by atoms with Crippen LogP contribution < -0.4 is 5.32 Å². The molecule has 0 radical (unpaired) electrons. The van der Waals surface area contributed by atoms with E-state index in [4.69, 9.17) is 9.47 Å². The number of hydrogen-bond donors (Lipinski definition) is 2. The summed E-state index contributed by atoms with van der Waals surface area (Å²) in [5.74, 6) is 0.524.